The molecule has 2 rings (SSSR count). The number of ketones is 1. The third kappa shape index (κ3) is 6.31. The number of benzene rings is 2. The molecule has 0 radical (unpaired) electrons. The van der Waals surface area contributed by atoms with E-state index < -0.39 is 29.4 Å². The minimum Gasteiger partial charge on any atom is -0.455 e. The van der Waals surface area contributed by atoms with Crippen LogP contribution in [0.4, 0.5) is 5.69 Å². The number of ether oxygens (including phenoxy) is 1. The van der Waals surface area contributed by atoms with Crippen molar-refractivity contribution in [1.29, 1.82) is 0 Å². The first-order chi connectivity index (χ1) is 13.4. The van der Waals surface area contributed by atoms with Crippen molar-refractivity contribution in [1.82, 2.24) is 5.32 Å². The van der Waals surface area contributed by atoms with Gasteiger partial charge in [-0.05, 0) is 18.9 Å². The third-order valence-electron chi connectivity index (χ3n) is 4.00. The Morgan fingerprint density at radius 2 is 1.71 bits per heavy atom. The molecule has 2 aromatic rings. The molecule has 1 amide bonds. The van der Waals surface area contributed by atoms with Gasteiger partial charge in [0.2, 0.25) is 0 Å². The van der Waals surface area contributed by atoms with Gasteiger partial charge in [-0.3, -0.25) is 24.5 Å². The second-order valence-corrected chi connectivity index (χ2v) is 6.14. The molecule has 0 fully saturated rings. The van der Waals surface area contributed by atoms with Crippen LogP contribution in [0.5, 0.6) is 0 Å². The Kier molecular flexibility index (Phi) is 7.38. The van der Waals surface area contributed by atoms with Gasteiger partial charge in [0.05, 0.1) is 17.4 Å². The normalized spacial score (nSPS) is 11.3. The first-order valence-electron chi connectivity index (χ1n) is 8.58. The molecule has 8 heteroatoms. The maximum absolute atomic E-state index is 12.0. The van der Waals surface area contributed by atoms with Gasteiger partial charge in [0, 0.05) is 11.6 Å². The molecule has 0 heterocycles. The van der Waals surface area contributed by atoms with Crippen molar-refractivity contribution in [2.45, 2.75) is 25.8 Å². The fourth-order valence-corrected chi connectivity index (χ4v) is 2.57. The molecule has 8 nitrogen and oxygen atoms in total. The molecule has 0 aliphatic rings. The number of para-hydroxylation sites is 1. The average molecular weight is 384 g/mol. The quantitative estimate of drug-likeness (QED) is 0.402. The van der Waals surface area contributed by atoms with Crippen molar-refractivity contribution in [3.63, 3.8) is 0 Å². The number of hydrogen-bond donors (Lipinski definition) is 1. The highest BCUT2D eigenvalue weighted by atomic mass is 16.6. The van der Waals surface area contributed by atoms with Crippen molar-refractivity contribution in [2.24, 2.45) is 0 Å². The van der Waals surface area contributed by atoms with Gasteiger partial charge in [-0.2, -0.15) is 0 Å². The van der Waals surface area contributed by atoms with Gasteiger partial charge >= 0.3 is 5.97 Å². The summed E-state index contributed by atoms with van der Waals surface area (Å²) in [6.07, 6.45) is -0.00332. The molecule has 0 aromatic heterocycles. The van der Waals surface area contributed by atoms with Crippen molar-refractivity contribution >= 4 is 23.3 Å². The maximum Gasteiger partial charge on any atom is 0.311 e. The molecule has 1 N–H and O–H groups in total. The molecular weight excluding hydrogens is 364 g/mol. The highest BCUT2D eigenvalue weighted by Crippen LogP contribution is 2.18. The first kappa shape index (κ1) is 20.8. The largest absolute Gasteiger partial charge is 0.455 e. The maximum atomic E-state index is 12.0. The lowest BCUT2D eigenvalue weighted by Gasteiger charge is -2.16. The zero-order valence-corrected chi connectivity index (χ0v) is 15.3. The topological polar surface area (TPSA) is 116 Å². The van der Waals surface area contributed by atoms with E-state index >= 15 is 0 Å². The zero-order valence-electron chi connectivity index (χ0n) is 15.3. The number of nitro benzene ring substituents is 1. The van der Waals surface area contributed by atoms with Gasteiger partial charge in [0.25, 0.3) is 11.6 Å². The summed E-state index contributed by atoms with van der Waals surface area (Å²) in [5, 5.41) is 13.5. The molecule has 28 heavy (non-hydrogen) atoms. The average Bonchev–Trinajstić information content (AvgIpc) is 2.67. The van der Waals surface area contributed by atoms with E-state index in [1.807, 2.05) is 30.3 Å². The molecule has 0 saturated carbocycles. The minimum atomic E-state index is -0.771. The Bertz CT molecular complexity index is 866. The Labute approximate surface area is 161 Å². The van der Waals surface area contributed by atoms with Gasteiger partial charge in [0.1, 0.15) is 0 Å². The smallest absolute Gasteiger partial charge is 0.311 e. The van der Waals surface area contributed by atoms with Gasteiger partial charge in [0.15, 0.2) is 12.4 Å². The highest BCUT2D eigenvalue weighted by Gasteiger charge is 2.20. The van der Waals surface area contributed by atoms with E-state index in [9.17, 15) is 24.5 Å². The van der Waals surface area contributed by atoms with E-state index in [2.05, 4.69) is 5.32 Å². The number of amides is 1. The number of carbonyl (C=O) groups is 3. The fraction of sp³-hybridized carbons (Fsp3) is 0.250. The van der Waals surface area contributed by atoms with Gasteiger partial charge in [-0.15, -0.1) is 0 Å². The molecule has 146 valence electrons. The van der Waals surface area contributed by atoms with Crippen molar-refractivity contribution in [3.05, 3.63) is 75.8 Å². The molecule has 2 aromatic carbocycles. The molecule has 0 bridgehead atoms. The fourth-order valence-electron chi connectivity index (χ4n) is 2.57. The van der Waals surface area contributed by atoms with E-state index in [4.69, 9.17) is 4.74 Å². The lowest BCUT2D eigenvalue weighted by Crippen LogP contribution is -2.43. The molecule has 0 aliphatic heterocycles. The van der Waals surface area contributed by atoms with Gasteiger partial charge in [-0.25, -0.2) is 0 Å². The number of nitro groups is 1. The summed E-state index contributed by atoms with van der Waals surface area (Å²) in [5.41, 5.74) is 0.892. The highest BCUT2D eigenvalue weighted by molar-refractivity contribution is 5.89. The van der Waals surface area contributed by atoms with Crippen molar-refractivity contribution in [3.8, 4) is 0 Å². The predicted octanol–water partition coefficient (Wildman–Crippen LogP) is 2.00. The summed E-state index contributed by atoms with van der Waals surface area (Å²) in [6, 6.07) is 14.3. The van der Waals surface area contributed by atoms with Gasteiger partial charge < -0.3 is 10.1 Å². The standard InChI is InChI=1S/C20H20N2O6/c1-14(23)17(11-15-7-3-2-4-8-15)21-19(24)13-28-20(25)12-16-9-5-6-10-18(16)22(26)27/h2-10,17H,11-13H2,1H3,(H,21,24)/t17-/m1/s1. The number of carbonyl (C=O) groups excluding carboxylic acids is 3. The molecule has 1 atom stereocenters. The van der Waals surface area contributed by atoms with Crippen molar-refractivity contribution in [2.75, 3.05) is 6.61 Å². The number of nitrogens with one attached hydrogen (secondary N) is 1. The monoisotopic (exact) mass is 384 g/mol. The van der Waals surface area contributed by atoms with Crippen LogP contribution in [0.3, 0.4) is 0 Å². The van der Waals surface area contributed by atoms with Crippen LogP contribution in [0.2, 0.25) is 0 Å². The van der Waals surface area contributed by atoms with Crippen molar-refractivity contribution < 1.29 is 24.0 Å². The van der Waals surface area contributed by atoms with Crippen LogP contribution in [0.25, 0.3) is 0 Å². The number of rotatable bonds is 9. The van der Waals surface area contributed by atoms with Crippen LogP contribution in [0.1, 0.15) is 18.1 Å². The molecule has 0 unspecified atom stereocenters. The lowest BCUT2D eigenvalue weighted by atomic mass is 10.0. The zero-order chi connectivity index (χ0) is 20.5. The minimum absolute atomic E-state index is 0.191. The first-order valence-corrected chi connectivity index (χ1v) is 8.58. The van der Waals surface area contributed by atoms with E-state index in [0.717, 1.165) is 5.56 Å². The van der Waals surface area contributed by atoms with E-state index in [-0.39, 0.29) is 23.5 Å². The lowest BCUT2D eigenvalue weighted by molar-refractivity contribution is -0.385. The molecule has 0 aliphatic carbocycles. The van der Waals surface area contributed by atoms with E-state index in [0.29, 0.717) is 6.42 Å². The summed E-state index contributed by atoms with van der Waals surface area (Å²) < 4.78 is 4.89. The van der Waals surface area contributed by atoms with Gasteiger partial charge in [-0.1, -0.05) is 48.5 Å². The van der Waals surface area contributed by atoms with Crippen LogP contribution in [-0.2, 0) is 32.0 Å². The van der Waals surface area contributed by atoms with Crippen LogP contribution < -0.4 is 5.32 Å². The Hall–Kier alpha value is -3.55. The Balaban J connectivity index is 1.87. The molecular formula is C20H20N2O6. The Morgan fingerprint density at radius 1 is 1.07 bits per heavy atom. The molecule has 0 saturated heterocycles. The third-order valence-corrected chi connectivity index (χ3v) is 4.00. The summed E-state index contributed by atoms with van der Waals surface area (Å²) in [4.78, 5) is 46.1. The second kappa shape index (κ2) is 9.96. The summed E-state index contributed by atoms with van der Waals surface area (Å²) in [5.74, 6) is -1.61. The van der Waals surface area contributed by atoms with Crippen LogP contribution >= 0.6 is 0 Å². The Morgan fingerprint density at radius 3 is 2.36 bits per heavy atom. The number of hydrogen-bond acceptors (Lipinski definition) is 6. The SMILES string of the molecule is CC(=O)[C@@H](Cc1ccccc1)NC(=O)COC(=O)Cc1ccccc1[N+](=O)[O-]. The van der Waals surface area contributed by atoms with E-state index in [1.54, 1.807) is 6.07 Å². The van der Waals surface area contributed by atoms with Crippen LogP contribution in [0, 0.1) is 10.1 Å². The molecule has 0 spiro atoms. The number of Topliss-reactive ketones (excluding diaryl/α,β-unsaturated/α-hetero) is 1. The van der Waals surface area contributed by atoms with Crippen LogP contribution in [0.15, 0.2) is 54.6 Å². The predicted molar refractivity (Wildman–Crippen MR) is 101 cm³/mol. The second-order valence-electron chi connectivity index (χ2n) is 6.14. The summed E-state index contributed by atoms with van der Waals surface area (Å²) >= 11 is 0. The number of nitrogens with zero attached hydrogens (tertiary/aromatic N) is 1. The summed E-state index contributed by atoms with van der Waals surface area (Å²) in [7, 11) is 0. The van der Waals surface area contributed by atoms with Crippen LogP contribution in [-0.4, -0.2) is 35.2 Å². The summed E-state index contributed by atoms with van der Waals surface area (Å²) in [6.45, 7) is 0.798. The number of esters is 1. The van der Waals surface area contributed by atoms with E-state index in [1.165, 1.54) is 25.1 Å².